The molecular formula is C15H16ClN4O2+. The van der Waals surface area contributed by atoms with Crippen molar-refractivity contribution in [1.82, 2.24) is 0 Å². The Morgan fingerprint density at radius 1 is 1.09 bits per heavy atom. The minimum Gasteiger partial charge on any atom is -0.364 e. The van der Waals surface area contributed by atoms with E-state index >= 15 is 0 Å². The summed E-state index contributed by atoms with van der Waals surface area (Å²) in [4.78, 5) is 17.7. The highest BCUT2D eigenvalue weighted by atomic mass is 35.5. The smallest absolute Gasteiger partial charge is 0.308 e. The van der Waals surface area contributed by atoms with Crippen LogP contribution in [0.2, 0.25) is 5.02 Å². The van der Waals surface area contributed by atoms with Crippen molar-refractivity contribution in [3.8, 4) is 0 Å². The lowest BCUT2D eigenvalue weighted by Gasteiger charge is -2.32. The first-order valence-electron chi connectivity index (χ1n) is 7.05. The molecule has 0 atom stereocenters. The van der Waals surface area contributed by atoms with E-state index in [1.165, 1.54) is 12.3 Å². The van der Waals surface area contributed by atoms with Gasteiger partial charge in [-0.15, -0.1) is 0 Å². The van der Waals surface area contributed by atoms with Gasteiger partial charge in [0.15, 0.2) is 6.20 Å². The van der Waals surface area contributed by atoms with Crippen LogP contribution in [-0.2, 0) is 0 Å². The molecule has 1 fully saturated rings. The number of H-pyrrole nitrogens is 1. The van der Waals surface area contributed by atoms with E-state index in [1.54, 1.807) is 6.07 Å². The molecule has 1 aliphatic heterocycles. The molecule has 0 spiro atoms. The molecule has 6 nitrogen and oxygen atoms in total. The topological polar surface area (TPSA) is 63.8 Å². The summed E-state index contributed by atoms with van der Waals surface area (Å²) < 4.78 is 0. The average molecular weight is 320 g/mol. The lowest BCUT2D eigenvalue weighted by atomic mass is 10.2. The van der Waals surface area contributed by atoms with Crippen molar-refractivity contribution in [1.29, 1.82) is 0 Å². The Balaban J connectivity index is 1.65. The lowest BCUT2D eigenvalue weighted by molar-refractivity contribution is -0.414. The van der Waals surface area contributed by atoms with Gasteiger partial charge < -0.3 is 4.90 Å². The van der Waals surface area contributed by atoms with Gasteiger partial charge in [-0.25, -0.2) is 4.98 Å². The number of aromatic nitrogens is 1. The summed E-state index contributed by atoms with van der Waals surface area (Å²) in [5, 5.41) is 11.4. The van der Waals surface area contributed by atoms with Crippen molar-refractivity contribution >= 4 is 28.8 Å². The molecule has 2 aromatic rings. The second-order valence-electron chi connectivity index (χ2n) is 5.14. The maximum absolute atomic E-state index is 10.7. The standard InChI is InChI=1S/C15H15ClN4O2/c16-12-2-1-3-13(10-12)18-6-8-19(9-7-18)15-5-4-14(11-17-15)20(21)22/h1-5,10-11H,6-9H2/p+1. The van der Waals surface area contributed by atoms with Crippen LogP contribution in [0.3, 0.4) is 0 Å². The highest BCUT2D eigenvalue weighted by Gasteiger charge is 2.24. The molecule has 2 heterocycles. The van der Waals surface area contributed by atoms with Crippen molar-refractivity contribution in [3.63, 3.8) is 0 Å². The SMILES string of the molecule is O=[N+]([O-])c1ccc(N2CCN(c3cccc(Cl)c3)CC2)[nH+]c1. The number of nitro groups is 1. The Bertz CT molecular complexity index is 669. The lowest BCUT2D eigenvalue weighted by Crippen LogP contribution is -2.48. The third kappa shape index (κ3) is 3.12. The Morgan fingerprint density at radius 2 is 1.82 bits per heavy atom. The van der Waals surface area contributed by atoms with Crippen molar-refractivity contribution < 1.29 is 9.91 Å². The zero-order chi connectivity index (χ0) is 15.5. The summed E-state index contributed by atoms with van der Waals surface area (Å²) in [5.41, 5.74) is 1.20. The number of rotatable bonds is 3. The van der Waals surface area contributed by atoms with Crippen molar-refractivity contribution in [2.45, 2.75) is 0 Å². The molecule has 114 valence electrons. The fourth-order valence-corrected chi connectivity index (χ4v) is 2.78. The van der Waals surface area contributed by atoms with E-state index in [2.05, 4.69) is 20.9 Å². The van der Waals surface area contributed by atoms with Crippen LogP contribution in [0.4, 0.5) is 17.2 Å². The summed E-state index contributed by atoms with van der Waals surface area (Å²) in [6.07, 6.45) is 1.43. The summed E-state index contributed by atoms with van der Waals surface area (Å²) in [6.45, 7) is 3.46. The normalized spacial score (nSPS) is 15.0. The Hall–Kier alpha value is -2.34. The summed E-state index contributed by atoms with van der Waals surface area (Å²) >= 11 is 6.03. The molecule has 1 saturated heterocycles. The van der Waals surface area contributed by atoms with Crippen LogP contribution in [0, 0.1) is 10.1 Å². The number of piperazine rings is 1. The van der Waals surface area contributed by atoms with Gasteiger partial charge in [0.05, 0.1) is 18.0 Å². The van der Waals surface area contributed by atoms with Crippen molar-refractivity contribution in [3.05, 3.63) is 57.7 Å². The molecular weight excluding hydrogens is 304 g/mol. The predicted octanol–water partition coefficient (Wildman–Crippen LogP) is 2.39. The highest BCUT2D eigenvalue weighted by Crippen LogP contribution is 2.22. The molecule has 0 amide bonds. The third-order valence-corrected chi connectivity index (χ3v) is 4.02. The molecule has 7 heteroatoms. The van der Waals surface area contributed by atoms with Crippen LogP contribution >= 0.6 is 11.6 Å². The molecule has 0 aliphatic carbocycles. The van der Waals surface area contributed by atoms with Gasteiger partial charge in [0.1, 0.15) is 13.1 Å². The Labute approximate surface area is 133 Å². The fraction of sp³-hybridized carbons (Fsp3) is 0.267. The number of nitrogens with one attached hydrogen (secondary N) is 1. The molecule has 1 N–H and O–H groups in total. The Kier molecular flexibility index (Phi) is 4.11. The zero-order valence-electron chi connectivity index (χ0n) is 11.9. The molecule has 0 bridgehead atoms. The van der Waals surface area contributed by atoms with Gasteiger partial charge in [0.25, 0.3) is 5.82 Å². The van der Waals surface area contributed by atoms with Gasteiger partial charge in [-0.05, 0) is 18.2 Å². The van der Waals surface area contributed by atoms with Crippen LogP contribution in [-0.4, -0.2) is 31.1 Å². The van der Waals surface area contributed by atoms with Gasteiger partial charge >= 0.3 is 5.69 Å². The van der Waals surface area contributed by atoms with Crippen LogP contribution in [0.1, 0.15) is 0 Å². The zero-order valence-corrected chi connectivity index (χ0v) is 12.7. The number of anilines is 2. The molecule has 22 heavy (non-hydrogen) atoms. The quantitative estimate of drug-likeness (QED) is 0.643. The number of aromatic amines is 1. The van der Waals surface area contributed by atoms with Gasteiger partial charge in [-0.2, -0.15) is 0 Å². The van der Waals surface area contributed by atoms with E-state index in [9.17, 15) is 10.1 Å². The van der Waals surface area contributed by atoms with Crippen LogP contribution in [0.5, 0.6) is 0 Å². The molecule has 3 rings (SSSR count). The minimum absolute atomic E-state index is 0.0707. The van der Waals surface area contributed by atoms with Crippen LogP contribution in [0.25, 0.3) is 0 Å². The van der Waals surface area contributed by atoms with E-state index in [1.807, 2.05) is 18.2 Å². The van der Waals surface area contributed by atoms with Crippen LogP contribution in [0.15, 0.2) is 42.6 Å². The average Bonchev–Trinajstić information content (AvgIpc) is 2.55. The van der Waals surface area contributed by atoms with Crippen LogP contribution < -0.4 is 14.8 Å². The van der Waals surface area contributed by atoms with Gasteiger partial charge in [0.2, 0.25) is 0 Å². The summed E-state index contributed by atoms with van der Waals surface area (Å²) in [5.74, 6) is 0.899. The predicted molar refractivity (Wildman–Crippen MR) is 85.5 cm³/mol. The number of pyridine rings is 1. The van der Waals surface area contributed by atoms with Gasteiger partial charge in [-0.1, -0.05) is 17.7 Å². The fourth-order valence-electron chi connectivity index (χ4n) is 2.60. The van der Waals surface area contributed by atoms with Crippen molar-refractivity contribution in [2.75, 3.05) is 36.0 Å². The molecule has 1 aromatic carbocycles. The first-order chi connectivity index (χ1) is 10.6. The highest BCUT2D eigenvalue weighted by molar-refractivity contribution is 6.30. The molecule has 0 saturated carbocycles. The Morgan fingerprint density at radius 3 is 2.41 bits per heavy atom. The number of halogens is 1. The second kappa shape index (κ2) is 6.19. The molecule has 0 radical (unpaired) electrons. The number of hydrogen-bond acceptors (Lipinski definition) is 4. The summed E-state index contributed by atoms with van der Waals surface area (Å²) in [6, 6.07) is 11.1. The molecule has 1 aliphatic rings. The van der Waals surface area contributed by atoms with E-state index < -0.39 is 4.92 Å². The van der Waals surface area contributed by atoms with Crippen molar-refractivity contribution in [2.24, 2.45) is 0 Å². The number of benzene rings is 1. The van der Waals surface area contributed by atoms with E-state index in [0.717, 1.165) is 42.7 Å². The first kappa shape index (κ1) is 14.6. The van der Waals surface area contributed by atoms with E-state index in [4.69, 9.17) is 11.6 Å². The maximum Gasteiger partial charge on any atom is 0.308 e. The second-order valence-corrected chi connectivity index (χ2v) is 5.58. The minimum atomic E-state index is -0.405. The molecule has 0 unspecified atom stereocenters. The number of hydrogen-bond donors (Lipinski definition) is 0. The van der Waals surface area contributed by atoms with E-state index in [0.29, 0.717) is 0 Å². The van der Waals surface area contributed by atoms with E-state index in [-0.39, 0.29) is 5.69 Å². The van der Waals surface area contributed by atoms with Gasteiger partial charge in [-0.3, -0.25) is 15.0 Å². The molecule has 1 aromatic heterocycles. The largest absolute Gasteiger partial charge is 0.364 e. The van der Waals surface area contributed by atoms with Gasteiger partial charge in [0, 0.05) is 22.8 Å². The summed E-state index contributed by atoms with van der Waals surface area (Å²) in [7, 11) is 0. The third-order valence-electron chi connectivity index (χ3n) is 3.78. The first-order valence-corrected chi connectivity index (χ1v) is 7.43. The maximum atomic E-state index is 10.7. The number of nitrogens with zero attached hydrogens (tertiary/aromatic N) is 3. The monoisotopic (exact) mass is 319 g/mol.